The first-order valence-corrected chi connectivity index (χ1v) is 6.96. The average Bonchev–Trinajstić information content (AvgIpc) is 3.09. The molecule has 0 amide bonds. The van der Waals surface area contributed by atoms with E-state index in [1.165, 1.54) is 5.56 Å². The minimum atomic E-state index is 0.396. The van der Waals surface area contributed by atoms with Crippen LogP contribution in [0.5, 0.6) is 5.75 Å². The highest BCUT2D eigenvalue weighted by molar-refractivity contribution is 5.27. The summed E-state index contributed by atoms with van der Waals surface area (Å²) < 4.78 is 5.78. The Morgan fingerprint density at radius 2 is 2.40 bits per heavy atom. The lowest BCUT2D eigenvalue weighted by Crippen LogP contribution is -2.26. The lowest BCUT2D eigenvalue weighted by Gasteiger charge is -2.15. The van der Waals surface area contributed by atoms with E-state index in [9.17, 15) is 0 Å². The quantitative estimate of drug-likeness (QED) is 0.891. The van der Waals surface area contributed by atoms with E-state index >= 15 is 0 Å². The van der Waals surface area contributed by atoms with E-state index in [0.717, 1.165) is 37.6 Å². The van der Waals surface area contributed by atoms with Crippen molar-refractivity contribution in [3.05, 3.63) is 35.7 Å². The van der Waals surface area contributed by atoms with Crippen LogP contribution in [0.4, 0.5) is 0 Å². The van der Waals surface area contributed by atoms with Gasteiger partial charge in [-0.15, -0.1) is 10.2 Å². The molecule has 106 valence electrons. The van der Waals surface area contributed by atoms with Gasteiger partial charge in [-0.05, 0) is 37.6 Å². The number of nitrogens with one attached hydrogen (secondary N) is 1. The minimum absolute atomic E-state index is 0.396. The number of rotatable bonds is 5. The summed E-state index contributed by atoms with van der Waals surface area (Å²) in [5, 5.41) is 14.3. The molecule has 1 aromatic carbocycles. The molecule has 1 atom stereocenters. The van der Waals surface area contributed by atoms with E-state index in [4.69, 9.17) is 4.74 Å². The number of tetrazole rings is 1. The van der Waals surface area contributed by atoms with Gasteiger partial charge in [0.15, 0.2) is 5.82 Å². The Kier molecular flexibility index (Phi) is 3.92. The van der Waals surface area contributed by atoms with Crippen molar-refractivity contribution in [2.24, 2.45) is 0 Å². The number of benzene rings is 1. The van der Waals surface area contributed by atoms with Crippen LogP contribution in [0.25, 0.3) is 0 Å². The number of aryl methyl sites for hydroxylation is 1. The van der Waals surface area contributed by atoms with Crippen LogP contribution in [-0.2, 0) is 0 Å². The van der Waals surface area contributed by atoms with Gasteiger partial charge >= 0.3 is 0 Å². The zero-order valence-corrected chi connectivity index (χ0v) is 11.6. The van der Waals surface area contributed by atoms with Gasteiger partial charge in [0.1, 0.15) is 12.4 Å². The predicted octanol–water partition coefficient (Wildman–Crippen LogP) is 1.38. The summed E-state index contributed by atoms with van der Waals surface area (Å²) in [6.07, 6.45) is 1.09. The smallest absolute Gasteiger partial charge is 0.178 e. The Balaban J connectivity index is 1.44. The monoisotopic (exact) mass is 273 g/mol. The summed E-state index contributed by atoms with van der Waals surface area (Å²) in [5.41, 5.74) is 1.22. The molecule has 2 aromatic rings. The first kappa shape index (κ1) is 13.1. The fourth-order valence-corrected chi connectivity index (χ4v) is 2.59. The molecule has 0 saturated carbocycles. The lowest BCUT2D eigenvalue weighted by molar-refractivity contribution is 0.236. The summed E-state index contributed by atoms with van der Waals surface area (Å²) in [6.45, 7) is 5.76. The van der Waals surface area contributed by atoms with E-state index in [0.29, 0.717) is 12.5 Å². The Labute approximate surface area is 118 Å². The van der Waals surface area contributed by atoms with Crippen LogP contribution in [0.3, 0.4) is 0 Å². The van der Waals surface area contributed by atoms with Crippen molar-refractivity contribution in [1.82, 2.24) is 25.5 Å². The molecule has 1 saturated heterocycles. The van der Waals surface area contributed by atoms with Crippen LogP contribution in [0, 0.1) is 6.92 Å². The molecule has 6 heteroatoms. The number of nitrogens with zero attached hydrogens (tertiary/aromatic N) is 4. The van der Waals surface area contributed by atoms with E-state index in [-0.39, 0.29) is 0 Å². The SMILES string of the molecule is Cc1cccc(OCCN2CCC(c3nn[nH]n3)C2)c1. The van der Waals surface area contributed by atoms with Crippen LogP contribution in [0.15, 0.2) is 24.3 Å². The number of H-pyrrole nitrogens is 1. The maximum atomic E-state index is 5.78. The average molecular weight is 273 g/mol. The molecule has 20 heavy (non-hydrogen) atoms. The van der Waals surface area contributed by atoms with E-state index in [2.05, 4.69) is 44.6 Å². The van der Waals surface area contributed by atoms with Gasteiger partial charge < -0.3 is 4.74 Å². The van der Waals surface area contributed by atoms with Gasteiger partial charge in [-0.25, -0.2) is 0 Å². The van der Waals surface area contributed by atoms with Crippen molar-refractivity contribution in [1.29, 1.82) is 0 Å². The normalized spacial score (nSPS) is 19.4. The third-order valence-electron chi connectivity index (χ3n) is 3.67. The summed E-state index contributed by atoms with van der Waals surface area (Å²) >= 11 is 0. The summed E-state index contributed by atoms with van der Waals surface area (Å²) in [5.74, 6) is 2.17. The van der Waals surface area contributed by atoms with Gasteiger partial charge in [0.2, 0.25) is 0 Å². The van der Waals surface area contributed by atoms with Crippen LogP contribution in [-0.4, -0.2) is 51.8 Å². The fraction of sp³-hybridized carbons (Fsp3) is 0.500. The molecule has 0 spiro atoms. The van der Waals surface area contributed by atoms with Crippen LogP contribution in [0.2, 0.25) is 0 Å². The Bertz CT molecular complexity index is 542. The largest absolute Gasteiger partial charge is 0.492 e. The number of aromatic amines is 1. The number of likely N-dealkylation sites (tertiary alicyclic amines) is 1. The third kappa shape index (κ3) is 3.14. The molecule has 0 aliphatic carbocycles. The molecule has 6 nitrogen and oxygen atoms in total. The standard InChI is InChI=1S/C14H19N5O/c1-11-3-2-4-13(9-11)20-8-7-19-6-5-12(10-19)14-15-17-18-16-14/h2-4,9,12H,5-8,10H2,1H3,(H,15,16,17,18). The topological polar surface area (TPSA) is 66.9 Å². The molecule has 3 rings (SSSR count). The molecule has 1 fully saturated rings. The van der Waals surface area contributed by atoms with E-state index in [1.807, 2.05) is 12.1 Å². The Morgan fingerprint density at radius 1 is 1.45 bits per heavy atom. The fourth-order valence-electron chi connectivity index (χ4n) is 2.59. The molecule has 0 bridgehead atoms. The number of hydrogen-bond acceptors (Lipinski definition) is 5. The zero-order valence-electron chi connectivity index (χ0n) is 11.6. The molecule has 1 unspecified atom stereocenters. The van der Waals surface area contributed by atoms with Crippen molar-refractivity contribution < 1.29 is 4.74 Å². The molecule has 1 aliphatic rings. The summed E-state index contributed by atoms with van der Waals surface area (Å²) in [4.78, 5) is 2.39. The van der Waals surface area contributed by atoms with E-state index < -0.39 is 0 Å². The lowest BCUT2D eigenvalue weighted by atomic mass is 10.1. The number of ether oxygens (including phenoxy) is 1. The molecule has 1 aliphatic heterocycles. The molecule has 0 radical (unpaired) electrons. The highest BCUT2D eigenvalue weighted by atomic mass is 16.5. The van der Waals surface area contributed by atoms with Gasteiger partial charge in [-0.2, -0.15) is 5.21 Å². The molecular formula is C14H19N5O. The maximum absolute atomic E-state index is 5.78. The highest BCUT2D eigenvalue weighted by Crippen LogP contribution is 2.23. The number of aromatic nitrogens is 4. The zero-order chi connectivity index (χ0) is 13.8. The van der Waals surface area contributed by atoms with Gasteiger partial charge in [0, 0.05) is 19.0 Å². The van der Waals surface area contributed by atoms with Gasteiger partial charge in [0.05, 0.1) is 0 Å². The van der Waals surface area contributed by atoms with Crippen LogP contribution in [0.1, 0.15) is 23.7 Å². The molecule has 2 heterocycles. The minimum Gasteiger partial charge on any atom is -0.492 e. The molecule has 1 aromatic heterocycles. The van der Waals surface area contributed by atoms with Crippen LogP contribution >= 0.6 is 0 Å². The van der Waals surface area contributed by atoms with Crippen molar-refractivity contribution in [2.75, 3.05) is 26.2 Å². The first-order chi connectivity index (χ1) is 9.81. The maximum Gasteiger partial charge on any atom is 0.178 e. The van der Waals surface area contributed by atoms with Gasteiger partial charge in [-0.3, -0.25) is 4.90 Å². The second kappa shape index (κ2) is 6.00. The second-order valence-electron chi connectivity index (χ2n) is 5.22. The summed E-state index contributed by atoms with van der Waals surface area (Å²) in [6, 6.07) is 8.15. The van der Waals surface area contributed by atoms with Crippen molar-refractivity contribution in [3.63, 3.8) is 0 Å². The third-order valence-corrected chi connectivity index (χ3v) is 3.67. The van der Waals surface area contributed by atoms with E-state index in [1.54, 1.807) is 0 Å². The summed E-state index contributed by atoms with van der Waals surface area (Å²) in [7, 11) is 0. The molecular weight excluding hydrogens is 254 g/mol. The number of hydrogen-bond donors (Lipinski definition) is 1. The van der Waals surface area contributed by atoms with Gasteiger partial charge in [-0.1, -0.05) is 17.3 Å². The van der Waals surface area contributed by atoms with Crippen molar-refractivity contribution in [3.8, 4) is 5.75 Å². The van der Waals surface area contributed by atoms with Crippen molar-refractivity contribution >= 4 is 0 Å². The van der Waals surface area contributed by atoms with Gasteiger partial charge in [0.25, 0.3) is 0 Å². The second-order valence-corrected chi connectivity index (χ2v) is 5.22. The Morgan fingerprint density at radius 3 is 3.20 bits per heavy atom. The van der Waals surface area contributed by atoms with Crippen molar-refractivity contribution in [2.45, 2.75) is 19.3 Å². The Hall–Kier alpha value is -1.95. The first-order valence-electron chi connectivity index (χ1n) is 6.96. The highest BCUT2D eigenvalue weighted by Gasteiger charge is 2.26. The van der Waals surface area contributed by atoms with Crippen LogP contribution < -0.4 is 4.74 Å². The molecule has 1 N–H and O–H groups in total. The predicted molar refractivity (Wildman–Crippen MR) is 74.6 cm³/mol.